The van der Waals surface area contributed by atoms with Crippen molar-refractivity contribution >= 4 is 11.9 Å². The Labute approximate surface area is 160 Å². The predicted octanol–water partition coefficient (Wildman–Crippen LogP) is 4.78. The van der Waals surface area contributed by atoms with Crippen molar-refractivity contribution < 1.29 is 20.1 Å². The fourth-order valence-electron chi connectivity index (χ4n) is 3.30. The van der Waals surface area contributed by atoms with Crippen LogP contribution in [0.2, 0.25) is 0 Å². The molecule has 1 unspecified atom stereocenters. The van der Waals surface area contributed by atoms with Crippen LogP contribution in [0.3, 0.4) is 0 Å². The lowest BCUT2D eigenvalue weighted by Gasteiger charge is -2.44. The number of phenolic OH excluding ortho intramolecular Hbond substituents is 1. The molecule has 1 aromatic carbocycles. The number of phenols is 1. The first kappa shape index (κ1) is 20.7. The average molecular weight is 368 g/mol. The van der Waals surface area contributed by atoms with E-state index in [4.69, 9.17) is 0 Å². The number of aryl methyl sites for hydroxylation is 1. The molecular formula is C23H28O4. The van der Waals surface area contributed by atoms with Gasteiger partial charge in [0.1, 0.15) is 17.1 Å². The summed E-state index contributed by atoms with van der Waals surface area (Å²) in [5.41, 5.74) is 0.812. The minimum atomic E-state index is -1.18. The number of carbonyl (C=O) groups is 1. The van der Waals surface area contributed by atoms with Gasteiger partial charge in [-0.3, -0.25) is 4.79 Å². The van der Waals surface area contributed by atoms with E-state index in [1.54, 1.807) is 31.2 Å². The number of aromatic hydroxyl groups is 1. The molecule has 0 saturated heterocycles. The molecule has 0 aliphatic heterocycles. The highest BCUT2D eigenvalue weighted by atomic mass is 16.3. The molecule has 0 fully saturated rings. The van der Waals surface area contributed by atoms with Crippen molar-refractivity contribution in [2.24, 2.45) is 5.41 Å². The van der Waals surface area contributed by atoms with Crippen LogP contribution in [0.5, 0.6) is 5.75 Å². The zero-order chi connectivity index (χ0) is 20.2. The first-order chi connectivity index (χ1) is 12.5. The molecule has 27 heavy (non-hydrogen) atoms. The maximum absolute atomic E-state index is 12.1. The van der Waals surface area contributed by atoms with Gasteiger partial charge in [-0.2, -0.15) is 0 Å². The number of hydrogen-bond acceptors (Lipinski definition) is 4. The lowest BCUT2D eigenvalue weighted by molar-refractivity contribution is -0.110. The highest BCUT2D eigenvalue weighted by Gasteiger charge is 2.44. The Morgan fingerprint density at radius 3 is 2.52 bits per heavy atom. The van der Waals surface area contributed by atoms with Crippen LogP contribution in [-0.2, 0) is 4.79 Å². The van der Waals surface area contributed by atoms with Gasteiger partial charge in [0.2, 0.25) is 0 Å². The molecular weight excluding hydrogens is 340 g/mol. The Morgan fingerprint density at radius 1 is 1.19 bits per heavy atom. The lowest BCUT2D eigenvalue weighted by Crippen LogP contribution is -2.46. The lowest BCUT2D eigenvalue weighted by atomic mass is 9.65. The van der Waals surface area contributed by atoms with Gasteiger partial charge in [0.05, 0.1) is 0 Å². The zero-order valence-corrected chi connectivity index (χ0v) is 16.4. The molecule has 0 aromatic heterocycles. The third kappa shape index (κ3) is 4.77. The average Bonchev–Trinajstić information content (AvgIpc) is 2.59. The highest BCUT2D eigenvalue weighted by Crippen LogP contribution is 2.45. The number of benzene rings is 1. The maximum atomic E-state index is 12.1. The van der Waals surface area contributed by atoms with Gasteiger partial charge in [-0.1, -0.05) is 32.1 Å². The van der Waals surface area contributed by atoms with Crippen LogP contribution in [-0.4, -0.2) is 26.7 Å². The number of hydrogen-bond donors (Lipinski definition) is 3. The van der Waals surface area contributed by atoms with Crippen molar-refractivity contribution in [1.29, 1.82) is 0 Å². The molecule has 144 valence electrons. The second-order valence-electron chi connectivity index (χ2n) is 7.76. The van der Waals surface area contributed by atoms with Gasteiger partial charge in [-0.05, 0) is 73.7 Å². The normalized spacial score (nSPS) is 23.0. The fourth-order valence-corrected chi connectivity index (χ4v) is 3.30. The summed E-state index contributed by atoms with van der Waals surface area (Å²) in [5, 5.41) is 30.5. The van der Waals surface area contributed by atoms with E-state index in [0.717, 1.165) is 35.6 Å². The minimum Gasteiger partial charge on any atom is -0.508 e. The molecule has 1 aromatic rings. The number of ketones is 1. The minimum absolute atomic E-state index is 0.183. The number of aliphatic hydroxyl groups is 2. The number of carbonyl (C=O) groups excluding carboxylic acids is 1. The van der Waals surface area contributed by atoms with E-state index in [2.05, 4.69) is 0 Å². The van der Waals surface area contributed by atoms with Crippen LogP contribution in [0, 0.1) is 12.3 Å². The van der Waals surface area contributed by atoms with Crippen LogP contribution in [0.4, 0.5) is 0 Å². The van der Waals surface area contributed by atoms with E-state index in [1.807, 2.05) is 26.8 Å². The van der Waals surface area contributed by atoms with Crippen LogP contribution in [0.1, 0.15) is 44.7 Å². The Hall–Kier alpha value is -2.59. The molecule has 3 N–H and O–H groups in total. The quantitative estimate of drug-likeness (QED) is 0.302. The number of aliphatic hydroxyl groups excluding tert-OH is 1. The van der Waals surface area contributed by atoms with Crippen molar-refractivity contribution in [1.82, 2.24) is 0 Å². The number of allylic oxidation sites excluding steroid dienone is 4. The molecule has 0 saturated carbocycles. The number of rotatable bonds is 5. The van der Waals surface area contributed by atoms with Crippen LogP contribution in [0.25, 0.3) is 6.08 Å². The molecule has 0 radical (unpaired) electrons. The molecule has 1 aliphatic carbocycles. The summed E-state index contributed by atoms with van der Waals surface area (Å²) in [5.74, 6) is -0.376. The maximum Gasteiger partial charge on any atom is 0.182 e. The van der Waals surface area contributed by atoms with E-state index in [-0.39, 0.29) is 16.9 Å². The topological polar surface area (TPSA) is 77.8 Å². The zero-order valence-electron chi connectivity index (χ0n) is 16.4. The van der Waals surface area contributed by atoms with Gasteiger partial charge < -0.3 is 15.3 Å². The Balaban J connectivity index is 2.12. The van der Waals surface area contributed by atoms with Gasteiger partial charge in [-0.25, -0.2) is 0 Å². The second kappa shape index (κ2) is 7.97. The van der Waals surface area contributed by atoms with Crippen LogP contribution >= 0.6 is 0 Å². The first-order valence-corrected chi connectivity index (χ1v) is 9.06. The molecule has 4 nitrogen and oxygen atoms in total. The molecule has 2 rings (SSSR count). The van der Waals surface area contributed by atoms with Crippen molar-refractivity contribution in [3.63, 3.8) is 0 Å². The van der Waals surface area contributed by atoms with E-state index < -0.39 is 11.4 Å². The van der Waals surface area contributed by atoms with Gasteiger partial charge in [-0.15, -0.1) is 0 Å². The predicted molar refractivity (Wildman–Crippen MR) is 108 cm³/mol. The van der Waals surface area contributed by atoms with E-state index in [0.29, 0.717) is 0 Å². The van der Waals surface area contributed by atoms with Crippen molar-refractivity contribution in [2.75, 3.05) is 0 Å². The van der Waals surface area contributed by atoms with Crippen molar-refractivity contribution in [3.05, 3.63) is 71.0 Å². The molecule has 0 spiro atoms. The third-order valence-electron chi connectivity index (χ3n) is 5.30. The second-order valence-corrected chi connectivity index (χ2v) is 7.76. The van der Waals surface area contributed by atoms with Crippen LogP contribution in [0.15, 0.2) is 59.9 Å². The van der Waals surface area contributed by atoms with Gasteiger partial charge >= 0.3 is 0 Å². The highest BCUT2D eigenvalue weighted by molar-refractivity contribution is 6.00. The standard InChI is InChI=1S/C23H28O4/c1-16-14-18(8-10-21(16)26)7-9-19(24)15-20(25)11-13-23(27)17(2)6-5-12-22(23,3)4/h6-11,13-15,24,26-27H,5,12H2,1-4H3/b9-7+,13-11+,19-15-. The van der Waals surface area contributed by atoms with E-state index in [9.17, 15) is 20.1 Å². The monoisotopic (exact) mass is 368 g/mol. The van der Waals surface area contributed by atoms with Gasteiger partial charge in [0.25, 0.3) is 0 Å². The van der Waals surface area contributed by atoms with Crippen LogP contribution < -0.4 is 0 Å². The van der Waals surface area contributed by atoms with Gasteiger partial charge in [0, 0.05) is 11.5 Å². The summed E-state index contributed by atoms with van der Waals surface area (Å²) in [6.45, 7) is 7.61. The summed E-state index contributed by atoms with van der Waals surface area (Å²) in [6, 6.07) is 5.06. The molecule has 0 amide bonds. The first-order valence-electron chi connectivity index (χ1n) is 9.06. The molecule has 1 aliphatic rings. The summed E-state index contributed by atoms with van der Waals surface area (Å²) in [7, 11) is 0. The molecule has 1 atom stereocenters. The summed E-state index contributed by atoms with van der Waals surface area (Å²) in [4.78, 5) is 12.1. The van der Waals surface area contributed by atoms with Crippen molar-refractivity contribution in [2.45, 2.75) is 46.1 Å². The smallest absolute Gasteiger partial charge is 0.182 e. The summed E-state index contributed by atoms with van der Waals surface area (Å²) >= 11 is 0. The largest absolute Gasteiger partial charge is 0.508 e. The molecule has 0 heterocycles. The van der Waals surface area contributed by atoms with Crippen molar-refractivity contribution in [3.8, 4) is 5.75 Å². The SMILES string of the molecule is CC1=CCCC(C)(C)C1(O)/C=C/C(=O)/C=C(O)/C=C/c1ccc(O)c(C)c1. The Bertz CT molecular complexity index is 840. The molecule has 0 bridgehead atoms. The van der Waals surface area contributed by atoms with E-state index in [1.165, 1.54) is 18.2 Å². The Kier molecular flexibility index (Phi) is 6.11. The fraction of sp³-hybridized carbons (Fsp3) is 0.348. The molecule has 4 heteroatoms. The summed E-state index contributed by atoms with van der Waals surface area (Å²) in [6.07, 6.45) is 10.7. The van der Waals surface area contributed by atoms with E-state index >= 15 is 0 Å². The van der Waals surface area contributed by atoms with Gasteiger partial charge in [0.15, 0.2) is 5.78 Å². The Morgan fingerprint density at radius 2 is 1.89 bits per heavy atom. The summed E-state index contributed by atoms with van der Waals surface area (Å²) < 4.78 is 0. The third-order valence-corrected chi connectivity index (χ3v) is 5.30.